The lowest BCUT2D eigenvalue weighted by Gasteiger charge is -2.27. The Morgan fingerprint density at radius 1 is 0.881 bits per heavy atom. The molecule has 2 aromatic rings. The largest absolute Gasteiger partial charge is 0.484 e. The SMILES string of the molecule is CC(C)CNC(=O)C(F)(F)C(=O)C(NC(=O)C(Cc1ccc(Cl)c(Cl)c1)NC(=O)COc1cc(Cl)cc(Cl)c1)C(C)C. The van der Waals surface area contributed by atoms with Crippen LogP contribution in [0.2, 0.25) is 20.1 Å². The fourth-order valence-electron chi connectivity index (χ4n) is 3.61. The normalized spacial score (nSPS) is 13.0. The first kappa shape index (κ1) is 35.5. The highest BCUT2D eigenvalue weighted by atomic mass is 35.5. The first-order valence-electron chi connectivity index (χ1n) is 12.8. The highest BCUT2D eigenvalue weighted by Crippen LogP contribution is 2.25. The molecule has 0 fully saturated rings. The van der Waals surface area contributed by atoms with Gasteiger partial charge in [-0.05, 0) is 47.7 Å². The highest BCUT2D eigenvalue weighted by Gasteiger charge is 2.51. The fourth-order valence-corrected chi connectivity index (χ4v) is 4.44. The lowest BCUT2D eigenvalue weighted by atomic mass is 9.94. The predicted molar refractivity (Wildman–Crippen MR) is 159 cm³/mol. The summed E-state index contributed by atoms with van der Waals surface area (Å²) in [7, 11) is 0. The molecule has 42 heavy (non-hydrogen) atoms. The molecule has 0 aliphatic rings. The summed E-state index contributed by atoms with van der Waals surface area (Å²) < 4.78 is 35.1. The van der Waals surface area contributed by atoms with Crippen LogP contribution in [0.4, 0.5) is 8.78 Å². The molecule has 3 amide bonds. The van der Waals surface area contributed by atoms with Crippen LogP contribution in [0.25, 0.3) is 0 Å². The quantitative estimate of drug-likeness (QED) is 0.229. The van der Waals surface area contributed by atoms with Gasteiger partial charge in [0.25, 0.3) is 11.8 Å². The van der Waals surface area contributed by atoms with E-state index in [1.54, 1.807) is 19.9 Å². The standard InChI is InChI=1S/C28H31Cl4F2N3O5/c1-14(2)12-35-27(41)28(33,34)25(39)24(15(3)4)37-26(40)22(8-16-5-6-20(31)21(32)7-16)36-23(38)13-42-19-10-17(29)9-18(30)11-19/h5-7,9-11,14-15,22,24H,8,12-13H2,1-4H3,(H,35,41)(H,36,38)(H,37,40). The Hall–Kier alpha value is -2.66. The zero-order valence-electron chi connectivity index (χ0n) is 23.2. The molecule has 2 unspecified atom stereocenters. The van der Waals surface area contributed by atoms with Crippen LogP contribution in [0.1, 0.15) is 33.3 Å². The lowest BCUT2D eigenvalue weighted by Crippen LogP contribution is -2.59. The minimum atomic E-state index is -4.41. The van der Waals surface area contributed by atoms with Gasteiger partial charge in [-0.25, -0.2) is 0 Å². The van der Waals surface area contributed by atoms with Crippen molar-refractivity contribution in [3.8, 4) is 5.75 Å². The monoisotopic (exact) mass is 667 g/mol. The van der Waals surface area contributed by atoms with Crippen LogP contribution in [0.3, 0.4) is 0 Å². The molecule has 0 aliphatic carbocycles. The van der Waals surface area contributed by atoms with Gasteiger partial charge in [-0.3, -0.25) is 19.2 Å². The molecule has 0 spiro atoms. The number of halogens is 6. The number of ketones is 1. The number of carbonyl (C=O) groups excluding carboxylic acids is 4. The van der Waals surface area contributed by atoms with Gasteiger partial charge in [0.15, 0.2) is 6.61 Å². The molecule has 0 bridgehead atoms. The Morgan fingerprint density at radius 2 is 1.50 bits per heavy atom. The van der Waals surface area contributed by atoms with Crippen LogP contribution in [-0.4, -0.2) is 54.7 Å². The Bertz CT molecular complexity index is 1290. The zero-order valence-corrected chi connectivity index (χ0v) is 26.2. The third-order valence-corrected chi connectivity index (χ3v) is 6.97. The fraction of sp³-hybridized carbons (Fsp3) is 0.429. The molecule has 0 saturated heterocycles. The van der Waals surface area contributed by atoms with Crippen LogP contribution in [0.15, 0.2) is 36.4 Å². The predicted octanol–water partition coefficient (Wildman–Crippen LogP) is 5.52. The molecule has 3 N–H and O–H groups in total. The maximum Gasteiger partial charge on any atom is 0.383 e. The third kappa shape index (κ3) is 10.6. The Morgan fingerprint density at radius 3 is 2.05 bits per heavy atom. The van der Waals surface area contributed by atoms with Crippen LogP contribution < -0.4 is 20.7 Å². The Labute approximate surface area is 262 Å². The average molecular weight is 669 g/mol. The van der Waals surface area contributed by atoms with Crippen LogP contribution in [0.5, 0.6) is 5.75 Å². The van der Waals surface area contributed by atoms with Crippen LogP contribution in [-0.2, 0) is 25.6 Å². The van der Waals surface area contributed by atoms with Gasteiger partial charge in [0.2, 0.25) is 11.7 Å². The molecule has 0 heterocycles. The van der Waals surface area contributed by atoms with Gasteiger partial charge in [0.1, 0.15) is 11.8 Å². The van der Waals surface area contributed by atoms with Crippen molar-refractivity contribution in [3.63, 3.8) is 0 Å². The summed E-state index contributed by atoms with van der Waals surface area (Å²) in [6.07, 6.45) is -0.151. The number of alkyl halides is 2. The van der Waals surface area contributed by atoms with E-state index in [2.05, 4.69) is 10.6 Å². The van der Waals surface area contributed by atoms with Crippen LogP contribution >= 0.6 is 46.4 Å². The number of nitrogens with one attached hydrogen (secondary N) is 3. The maximum absolute atomic E-state index is 14.8. The number of hydrogen-bond donors (Lipinski definition) is 3. The van der Waals surface area contributed by atoms with E-state index < -0.39 is 54.0 Å². The Kier molecular flexibility index (Phi) is 13.3. The van der Waals surface area contributed by atoms with Crippen molar-refractivity contribution in [2.24, 2.45) is 11.8 Å². The minimum Gasteiger partial charge on any atom is -0.484 e. The van der Waals surface area contributed by atoms with Gasteiger partial charge in [0.05, 0.1) is 16.1 Å². The summed E-state index contributed by atoms with van der Waals surface area (Å²) in [4.78, 5) is 51.1. The second-order valence-corrected chi connectivity index (χ2v) is 11.9. The minimum absolute atomic E-state index is 0.0678. The number of amides is 3. The molecule has 2 aromatic carbocycles. The second-order valence-electron chi connectivity index (χ2n) is 10.2. The summed E-state index contributed by atoms with van der Waals surface area (Å²) in [5.41, 5.74) is 0.471. The van der Waals surface area contributed by atoms with Gasteiger partial charge < -0.3 is 20.7 Å². The molecular weight excluding hydrogens is 638 g/mol. The Balaban J connectivity index is 2.26. The first-order chi connectivity index (χ1) is 19.5. The van der Waals surface area contributed by atoms with Gasteiger partial charge in [-0.2, -0.15) is 8.78 Å². The van der Waals surface area contributed by atoms with E-state index in [-0.39, 0.29) is 44.7 Å². The van der Waals surface area contributed by atoms with Crippen molar-refractivity contribution in [3.05, 3.63) is 62.1 Å². The third-order valence-electron chi connectivity index (χ3n) is 5.79. The summed E-state index contributed by atoms with van der Waals surface area (Å²) in [5.74, 6) is -10.4. The first-order valence-corrected chi connectivity index (χ1v) is 14.3. The zero-order chi connectivity index (χ0) is 31.8. The van der Waals surface area contributed by atoms with Crippen molar-refractivity contribution in [2.45, 2.75) is 52.1 Å². The molecule has 0 radical (unpaired) electrons. The van der Waals surface area contributed by atoms with E-state index in [9.17, 15) is 28.0 Å². The number of rotatable bonds is 14. The van der Waals surface area contributed by atoms with Crippen molar-refractivity contribution >= 4 is 69.9 Å². The molecule has 8 nitrogen and oxygen atoms in total. The summed E-state index contributed by atoms with van der Waals surface area (Å²) in [5, 5.41) is 7.79. The van der Waals surface area contributed by atoms with Gasteiger partial charge in [0, 0.05) is 23.0 Å². The van der Waals surface area contributed by atoms with Gasteiger partial charge in [-0.15, -0.1) is 0 Å². The van der Waals surface area contributed by atoms with E-state index in [1.165, 1.54) is 44.2 Å². The van der Waals surface area contributed by atoms with Crippen LogP contribution in [0, 0.1) is 11.8 Å². The van der Waals surface area contributed by atoms with Crippen molar-refractivity contribution in [2.75, 3.05) is 13.2 Å². The van der Waals surface area contributed by atoms with Crippen molar-refractivity contribution in [1.82, 2.24) is 16.0 Å². The number of hydrogen-bond acceptors (Lipinski definition) is 5. The second kappa shape index (κ2) is 15.7. The summed E-state index contributed by atoms with van der Waals surface area (Å²) >= 11 is 24.0. The molecule has 0 aromatic heterocycles. The molecule has 0 aliphatic heterocycles. The molecule has 2 rings (SSSR count). The summed E-state index contributed by atoms with van der Waals surface area (Å²) in [6.45, 7) is 5.65. The van der Waals surface area contributed by atoms with E-state index in [0.717, 1.165) is 0 Å². The number of ether oxygens (including phenoxy) is 1. The smallest absolute Gasteiger partial charge is 0.383 e. The van der Waals surface area contributed by atoms with E-state index >= 15 is 0 Å². The summed E-state index contributed by atoms with van der Waals surface area (Å²) in [6, 6.07) is 5.72. The highest BCUT2D eigenvalue weighted by molar-refractivity contribution is 6.42. The van der Waals surface area contributed by atoms with Crippen molar-refractivity contribution < 1.29 is 32.7 Å². The maximum atomic E-state index is 14.8. The van der Waals surface area contributed by atoms with E-state index in [1.807, 2.05) is 5.32 Å². The molecule has 0 saturated carbocycles. The molecule has 2 atom stereocenters. The number of benzene rings is 2. The van der Waals surface area contributed by atoms with Crippen molar-refractivity contribution in [1.29, 1.82) is 0 Å². The average Bonchev–Trinajstić information content (AvgIpc) is 2.89. The molecule has 230 valence electrons. The molecule has 14 heteroatoms. The number of Topliss-reactive ketones (excluding diaryl/α,β-unsaturated/α-hetero) is 1. The topological polar surface area (TPSA) is 114 Å². The van der Waals surface area contributed by atoms with E-state index in [0.29, 0.717) is 5.56 Å². The number of carbonyl (C=O) groups is 4. The van der Waals surface area contributed by atoms with Gasteiger partial charge in [-0.1, -0.05) is 80.2 Å². The van der Waals surface area contributed by atoms with Gasteiger partial charge >= 0.3 is 5.92 Å². The van der Waals surface area contributed by atoms with E-state index in [4.69, 9.17) is 51.1 Å². The molecular formula is C28H31Cl4F2N3O5. The lowest BCUT2D eigenvalue weighted by molar-refractivity contribution is -0.161.